The lowest BCUT2D eigenvalue weighted by Crippen LogP contribution is -2.10. The van der Waals surface area contributed by atoms with E-state index in [0.717, 1.165) is 0 Å². The van der Waals surface area contributed by atoms with Gasteiger partial charge in [0.1, 0.15) is 10.3 Å². The van der Waals surface area contributed by atoms with Gasteiger partial charge >= 0.3 is 0 Å². The van der Waals surface area contributed by atoms with E-state index < -0.39 is 4.51 Å². The molecule has 0 aromatic heterocycles. The quantitative estimate of drug-likeness (QED) is 0.719. The molecule has 60 valence electrons. The first-order valence-corrected chi connectivity index (χ1v) is 3.97. The highest BCUT2D eigenvalue weighted by Crippen LogP contribution is 2.26. The van der Waals surface area contributed by atoms with Crippen molar-refractivity contribution in [2.45, 2.75) is 11.4 Å². The Bertz CT molecular complexity index is 237. The zero-order chi connectivity index (χ0) is 8.48. The Kier molecular flexibility index (Phi) is 2.30. The first kappa shape index (κ1) is 8.68. The van der Waals surface area contributed by atoms with Gasteiger partial charge in [0.2, 0.25) is 0 Å². The fourth-order valence-corrected chi connectivity index (χ4v) is 1.02. The minimum Gasteiger partial charge on any atom is -0.375 e. The Morgan fingerprint density at radius 3 is 2.18 bits per heavy atom. The lowest BCUT2D eigenvalue weighted by molar-refractivity contribution is 0.167. The summed E-state index contributed by atoms with van der Waals surface area (Å²) in [4.78, 5) is 0. The summed E-state index contributed by atoms with van der Waals surface area (Å²) in [5, 5.41) is 9.37. The zero-order valence-corrected chi connectivity index (χ0v) is 7.60. The van der Waals surface area contributed by atoms with Crippen molar-refractivity contribution in [2.75, 3.05) is 0 Å². The summed E-state index contributed by atoms with van der Waals surface area (Å²) in [5.41, 5.74) is 0.638. The van der Waals surface area contributed by atoms with Crippen LogP contribution in [0, 0.1) is 5.82 Å². The van der Waals surface area contributed by atoms with Gasteiger partial charge in [0, 0.05) is 0 Å². The Hall–Kier alpha value is -0.410. The molecule has 0 radical (unpaired) electrons. The van der Waals surface area contributed by atoms with Gasteiger partial charge in [-0.25, -0.2) is 4.39 Å². The van der Waals surface area contributed by atoms with Crippen LogP contribution in [0.3, 0.4) is 0 Å². The van der Waals surface area contributed by atoms with E-state index in [4.69, 9.17) is 0 Å². The lowest BCUT2D eigenvalue weighted by atomic mass is 10.1. The first-order chi connectivity index (χ1) is 5.00. The maximum atomic E-state index is 12.4. The molecular formula is C8H8BrFO. The van der Waals surface area contributed by atoms with Gasteiger partial charge < -0.3 is 5.11 Å². The van der Waals surface area contributed by atoms with Crippen molar-refractivity contribution in [2.24, 2.45) is 0 Å². The molecule has 1 nitrogen and oxygen atoms in total. The molecule has 0 heterocycles. The van der Waals surface area contributed by atoms with Crippen LogP contribution in [0.2, 0.25) is 0 Å². The van der Waals surface area contributed by atoms with E-state index in [1.165, 1.54) is 24.3 Å². The van der Waals surface area contributed by atoms with Crippen molar-refractivity contribution in [3.63, 3.8) is 0 Å². The zero-order valence-electron chi connectivity index (χ0n) is 6.01. The molecule has 1 aromatic carbocycles. The van der Waals surface area contributed by atoms with Crippen molar-refractivity contribution < 1.29 is 9.50 Å². The van der Waals surface area contributed by atoms with Crippen molar-refractivity contribution in [1.82, 2.24) is 0 Å². The van der Waals surface area contributed by atoms with Gasteiger partial charge in [0.25, 0.3) is 0 Å². The maximum Gasteiger partial charge on any atom is 0.142 e. The number of alkyl halides is 1. The van der Waals surface area contributed by atoms with Gasteiger partial charge in [-0.3, -0.25) is 0 Å². The lowest BCUT2D eigenvalue weighted by Gasteiger charge is -2.14. The molecule has 11 heavy (non-hydrogen) atoms. The predicted octanol–water partition coefficient (Wildman–Crippen LogP) is 2.39. The molecule has 0 saturated carbocycles. The summed E-state index contributed by atoms with van der Waals surface area (Å²) in [5.74, 6) is -0.300. The molecule has 0 spiro atoms. The average Bonchev–Trinajstić information content (AvgIpc) is 1.86. The fraction of sp³-hybridized carbons (Fsp3) is 0.250. The molecule has 1 aromatic rings. The molecule has 0 saturated heterocycles. The number of benzene rings is 1. The first-order valence-electron chi connectivity index (χ1n) is 3.17. The predicted molar refractivity (Wildman–Crippen MR) is 44.9 cm³/mol. The summed E-state index contributed by atoms with van der Waals surface area (Å²) < 4.78 is 11.3. The Balaban J connectivity index is 2.99. The summed E-state index contributed by atoms with van der Waals surface area (Å²) in [7, 11) is 0. The standard InChI is InChI=1S/C8H8BrFO/c1-8(9,11)6-2-4-7(10)5-3-6/h2-5,11H,1H3/t8-/m0/s1. The van der Waals surface area contributed by atoms with E-state index in [2.05, 4.69) is 15.9 Å². The van der Waals surface area contributed by atoms with Crippen molar-refractivity contribution >= 4 is 15.9 Å². The highest BCUT2D eigenvalue weighted by molar-refractivity contribution is 9.09. The fourth-order valence-electron chi connectivity index (χ4n) is 0.754. The Morgan fingerprint density at radius 1 is 1.36 bits per heavy atom. The van der Waals surface area contributed by atoms with Crippen LogP contribution in [0.25, 0.3) is 0 Å². The van der Waals surface area contributed by atoms with Crippen LogP contribution in [0.1, 0.15) is 12.5 Å². The summed E-state index contributed by atoms with van der Waals surface area (Å²) in [6.45, 7) is 1.58. The van der Waals surface area contributed by atoms with E-state index in [0.29, 0.717) is 5.56 Å². The van der Waals surface area contributed by atoms with Gasteiger partial charge in [-0.2, -0.15) is 0 Å². The third-order valence-corrected chi connectivity index (χ3v) is 1.83. The number of aliphatic hydroxyl groups is 1. The summed E-state index contributed by atoms with van der Waals surface area (Å²) >= 11 is 3.04. The van der Waals surface area contributed by atoms with Crippen LogP contribution in [0.5, 0.6) is 0 Å². The minimum absolute atomic E-state index is 0.300. The van der Waals surface area contributed by atoms with Crippen LogP contribution in [-0.2, 0) is 4.51 Å². The monoisotopic (exact) mass is 218 g/mol. The normalized spacial score (nSPS) is 16.0. The van der Waals surface area contributed by atoms with Crippen LogP contribution in [0.4, 0.5) is 4.39 Å². The smallest absolute Gasteiger partial charge is 0.142 e. The van der Waals surface area contributed by atoms with Crippen LogP contribution < -0.4 is 0 Å². The minimum atomic E-state index is -1.07. The van der Waals surface area contributed by atoms with Gasteiger partial charge in [-0.05, 0) is 40.5 Å². The van der Waals surface area contributed by atoms with Gasteiger partial charge in [-0.1, -0.05) is 12.1 Å². The van der Waals surface area contributed by atoms with Gasteiger partial charge in [0.15, 0.2) is 0 Å². The van der Waals surface area contributed by atoms with Gasteiger partial charge in [-0.15, -0.1) is 0 Å². The molecule has 0 aliphatic rings. The molecule has 0 unspecified atom stereocenters. The van der Waals surface area contributed by atoms with Crippen LogP contribution in [0.15, 0.2) is 24.3 Å². The largest absolute Gasteiger partial charge is 0.375 e. The Morgan fingerprint density at radius 2 is 1.82 bits per heavy atom. The van der Waals surface area contributed by atoms with E-state index in [1.807, 2.05) is 0 Å². The van der Waals surface area contributed by atoms with Crippen molar-refractivity contribution in [1.29, 1.82) is 0 Å². The van der Waals surface area contributed by atoms with E-state index in [-0.39, 0.29) is 5.82 Å². The van der Waals surface area contributed by atoms with E-state index in [1.54, 1.807) is 6.92 Å². The van der Waals surface area contributed by atoms with Crippen LogP contribution in [-0.4, -0.2) is 5.11 Å². The molecule has 0 aliphatic heterocycles. The SMILES string of the molecule is C[C@@](O)(Br)c1ccc(F)cc1. The Labute approximate surface area is 73.0 Å². The van der Waals surface area contributed by atoms with Crippen LogP contribution >= 0.6 is 15.9 Å². The average molecular weight is 219 g/mol. The molecule has 0 amide bonds. The number of hydrogen-bond donors (Lipinski definition) is 1. The maximum absolute atomic E-state index is 12.4. The topological polar surface area (TPSA) is 20.2 Å². The summed E-state index contributed by atoms with van der Waals surface area (Å²) in [6, 6.07) is 5.68. The molecule has 0 aliphatic carbocycles. The second-order valence-corrected chi connectivity index (χ2v) is 4.00. The molecule has 3 heteroatoms. The van der Waals surface area contributed by atoms with E-state index in [9.17, 15) is 9.50 Å². The van der Waals surface area contributed by atoms with Gasteiger partial charge in [0.05, 0.1) is 0 Å². The van der Waals surface area contributed by atoms with E-state index >= 15 is 0 Å². The number of hydrogen-bond acceptors (Lipinski definition) is 1. The molecule has 1 atom stereocenters. The second-order valence-electron chi connectivity index (χ2n) is 2.46. The van der Waals surface area contributed by atoms with Crippen molar-refractivity contribution in [3.8, 4) is 0 Å². The molecule has 0 bridgehead atoms. The highest BCUT2D eigenvalue weighted by Gasteiger charge is 2.17. The highest BCUT2D eigenvalue weighted by atomic mass is 79.9. The number of rotatable bonds is 1. The third kappa shape index (κ3) is 2.27. The molecular weight excluding hydrogens is 211 g/mol. The second kappa shape index (κ2) is 2.91. The molecule has 1 N–H and O–H groups in total. The summed E-state index contributed by atoms with van der Waals surface area (Å²) in [6.07, 6.45) is 0. The number of halogens is 2. The molecule has 1 rings (SSSR count). The van der Waals surface area contributed by atoms with Crippen molar-refractivity contribution in [3.05, 3.63) is 35.6 Å². The third-order valence-electron chi connectivity index (χ3n) is 1.37. The molecule has 0 fully saturated rings.